The summed E-state index contributed by atoms with van der Waals surface area (Å²) in [6, 6.07) is 62.0. The third-order valence-electron chi connectivity index (χ3n) is 13.0. The van der Waals surface area contributed by atoms with Crippen molar-refractivity contribution in [3.63, 3.8) is 0 Å². The SMILES string of the molecule is C[Si](C)(C)C1([Si](C)(C)C)c2c(ccc3cc(N(c4ccccc4)c4ccc(F)cc4)ccc23)-c2c1c1ccc(N(c3ccccc3)c3ccc(F)cc3)cc1c1ccccc21. The van der Waals surface area contributed by atoms with Gasteiger partial charge in [0.15, 0.2) is 0 Å². The molecule has 0 atom stereocenters. The highest BCUT2D eigenvalue weighted by Crippen LogP contribution is 2.63. The Kier molecular flexibility index (Phi) is 9.16. The van der Waals surface area contributed by atoms with E-state index in [0.717, 1.165) is 34.1 Å². The van der Waals surface area contributed by atoms with Crippen LogP contribution >= 0.6 is 0 Å². The van der Waals surface area contributed by atoms with Gasteiger partial charge < -0.3 is 9.80 Å². The van der Waals surface area contributed by atoms with Crippen LogP contribution in [0.2, 0.25) is 39.3 Å². The molecule has 0 fully saturated rings. The number of fused-ring (bicyclic) bond motifs is 10. The van der Waals surface area contributed by atoms with Gasteiger partial charge in [0, 0.05) is 38.8 Å². The van der Waals surface area contributed by atoms with Crippen LogP contribution in [0.3, 0.4) is 0 Å². The quantitative estimate of drug-likeness (QED) is 0.111. The van der Waals surface area contributed by atoms with E-state index in [1.807, 2.05) is 48.5 Å². The van der Waals surface area contributed by atoms with Crippen LogP contribution in [0.5, 0.6) is 0 Å². The molecule has 0 radical (unpaired) electrons. The van der Waals surface area contributed by atoms with Crippen molar-refractivity contribution in [2.75, 3.05) is 9.80 Å². The van der Waals surface area contributed by atoms with Crippen LogP contribution in [0, 0.1) is 11.6 Å². The van der Waals surface area contributed by atoms with Crippen molar-refractivity contribution < 1.29 is 8.78 Å². The third-order valence-corrected chi connectivity index (χ3v) is 23.0. The molecule has 9 aromatic rings. The Morgan fingerprint density at radius 2 is 0.803 bits per heavy atom. The van der Waals surface area contributed by atoms with Crippen molar-refractivity contribution in [3.05, 3.63) is 205 Å². The molecule has 10 rings (SSSR count). The summed E-state index contributed by atoms with van der Waals surface area (Å²) < 4.78 is 28.4. The molecule has 0 aromatic heterocycles. The van der Waals surface area contributed by atoms with Crippen molar-refractivity contribution in [2.24, 2.45) is 0 Å². The Bertz CT molecular complexity index is 3100. The average molecular weight is 831 g/mol. The summed E-state index contributed by atoms with van der Waals surface area (Å²) in [5.41, 5.74) is 11.6. The number of hydrogen-bond donors (Lipinski definition) is 0. The fourth-order valence-electron chi connectivity index (χ4n) is 11.0. The summed E-state index contributed by atoms with van der Waals surface area (Å²) in [6.45, 7) is 15.5. The number of halogens is 2. The standard InChI is InChI=1S/C55H48F2N2Si2/c1-60(2,3)55(61(4,5)6)53-46-33-30-44(58(40-15-9-7-10-16-40)42-26-22-38(56)23-27-42)35-37(46)21-32-50(53)52-48-20-14-13-19-47(48)51-36-45(31-34-49(51)54(52)55)59(41-17-11-8-12-18-41)43-28-24-39(57)25-29-43/h7-36H,1-6H3. The lowest BCUT2D eigenvalue weighted by molar-refractivity contribution is 0.627. The van der Waals surface area contributed by atoms with Gasteiger partial charge in [-0.15, -0.1) is 0 Å². The van der Waals surface area contributed by atoms with Gasteiger partial charge in [-0.05, 0) is 152 Å². The lowest BCUT2D eigenvalue weighted by atomic mass is 9.91. The summed E-state index contributed by atoms with van der Waals surface area (Å²) in [4.78, 5) is 4.45. The molecule has 1 aliphatic rings. The molecule has 0 saturated carbocycles. The third kappa shape index (κ3) is 6.06. The van der Waals surface area contributed by atoms with Gasteiger partial charge in [-0.3, -0.25) is 0 Å². The smallest absolute Gasteiger partial charge is 0.123 e. The zero-order valence-corrected chi connectivity index (χ0v) is 37.5. The molecule has 6 heteroatoms. The maximum absolute atomic E-state index is 14.3. The average Bonchev–Trinajstić information content (AvgIpc) is 3.60. The molecule has 0 spiro atoms. The fraction of sp³-hybridized carbons (Fsp3) is 0.127. The van der Waals surface area contributed by atoms with Crippen LogP contribution in [0.1, 0.15) is 11.1 Å². The predicted molar refractivity (Wildman–Crippen MR) is 261 cm³/mol. The highest BCUT2D eigenvalue weighted by molar-refractivity contribution is 7.00. The van der Waals surface area contributed by atoms with Crippen LogP contribution in [-0.2, 0) is 4.66 Å². The number of rotatable bonds is 8. The Balaban J connectivity index is 1.26. The zero-order chi connectivity index (χ0) is 42.3. The van der Waals surface area contributed by atoms with Gasteiger partial charge in [-0.2, -0.15) is 0 Å². The van der Waals surface area contributed by atoms with Gasteiger partial charge in [-0.1, -0.05) is 124 Å². The molecule has 61 heavy (non-hydrogen) atoms. The predicted octanol–water partition coefficient (Wildman–Crippen LogP) is 16.4. The van der Waals surface area contributed by atoms with Crippen LogP contribution in [-0.4, -0.2) is 16.1 Å². The van der Waals surface area contributed by atoms with Crippen LogP contribution in [0.4, 0.5) is 42.9 Å². The Hall–Kier alpha value is -6.35. The molecule has 0 saturated heterocycles. The first-order valence-corrected chi connectivity index (χ1v) is 28.1. The molecular formula is C55H48F2N2Si2. The summed E-state index contributed by atoms with van der Waals surface area (Å²) in [5.74, 6) is -0.507. The number of nitrogens with zero attached hydrogens (tertiary/aromatic N) is 2. The van der Waals surface area contributed by atoms with Crippen LogP contribution in [0.15, 0.2) is 182 Å². The highest BCUT2D eigenvalue weighted by atomic mass is 28.4. The maximum Gasteiger partial charge on any atom is 0.123 e. The molecule has 300 valence electrons. The van der Waals surface area contributed by atoms with Crippen molar-refractivity contribution >= 4 is 82.6 Å². The van der Waals surface area contributed by atoms with E-state index < -0.39 is 16.1 Å². The first-order chi connectivity index (χ1) is 29.4. The van der Waals surface area contributed by atoms with E-state index >= 15 is 0 Å². The number of hydrogen-bond acceptors (Lipinski definition) is 2. The lowest BCUT2D eigenvalue weighted by Gasteiger charge is -2.52. The molecule has 0 heterocycles. The van der Waals surface area contributed by atoms with Crippen LogP contribution < -0.4 is 9.80 Å². The number of benzene rings is 9. The molecule has 9 aromatic carbocycles. The molecule has 0 unspecified atom stereocenters. The molecule has 0 amide bonds. The summed E-state index contributed by atoms with van der Waals surface area (Å²) in [5, 5.41) is 7.54. The maximum atomic E-state index is 14.3. The van der Waals surface area contributed by atoms with Gasteiger partial charge in [-0.25, -0.2) is 8.78 Å². The van der Waals surface area contributed by atoms with E-state index in [4.69, 9.17) is 0 Å². The lowest BCUT2D eigenvalue weighted by Crippen LogP contribution is -2.63. The molecule has 1 aliphatic carbocycles. The fourth-order valence-corrected chi connectivity index (χ4v) is 24.1. The largest absolute Gasteiger partial charge is 0.310 e. The van der Waals surface area contributed by atoms with Crippen molar-refractivity contribution in [2.45, 2.75) is 43.9 Å². The summed E-state index contributed by atoms with van der Waals surface area (Å²) in [7, 11) is -4.31. The first-order valence-electron chi connectivity index (χ1n) is 21.1. The minimum atomic E-state index is -2.16. The molecule has 2 nitrogen and oxygen atoms in total. The van der Waals surface area contributed by atoms with Crippen LogP contribution in [0.25, 0.3) is 43.4 Å². The second-order valence-electron chi connectivity index (χ2n) is 18.5. The monoisotopic (exact) mass is 830 g/mol. The number of anilines is 6. The van der Waals surface area contributed by atoms with E-state index in [2.05, 4.69) is 158 Å². The van der Waals surface area contributed by atoms with Gasteiger partial charge in [0.25, 0.3) is 0 Å². The second kappa shape index (κ2) is 14.4. The van der Waals surface area contributed by atoms with Crippen molar-refractivity contribution in [3.8, 4) is 11.1 Å². The molecule has 0 bridgehead atoms. The topological polar surface area (TPSA) is 6.48 Å². The Morgan fingerprint density at radius 1 is 0.361 bits per heavy atom. The molecule has 0 aliphatic heterocycles. The van der Waals surface area contributed by atoms with Gasteiger partial charge in [0.2, 0.25) is 0 Å². The molecular weight excluding hydrogens is 783 g/mol. The van der Waals surface area contributed by atoms with Crippen molar-refractivity contribution in [1.82, 2.24) is 0 Å². The minimum Gasteiger partial charge on any atom is -0.310 e. The van der Waals surface area contributed by atoms with E-state index in [0.29, 0.717) is 0 Å². The van der Waals surface area contributed by atoms with Gasteiger partial charge >= 0.3 is 0 Å². The van der Waals surface area contributed by atoms with E-state index in [9.17, 15) is 8.78 Å². The van der Waals surface area contributed by atoms with Crippen molar-refractivity contribution in [1.29, 1.82) is 0 Å². The second-order valence-corrected chi connectivity index (χ2v) is 29.5. The zero-order valence-electron chi connectivity index (χ0n) is 35.5. The normalized spacial score (nSPS) is 13.4. The Morgan fingerprint density at radius 3 is 1.33 bits per heavy atom. The highest BCUT2D eigenvalue weighted by Gasteiger charge is 2.60. The summed E-state index contributed by atoms with van der Waals surface area (Å²) >= 11 is 0. The van der Waals surface area contributed by atoms with E-state index in [-0.39, 0.29) is 16.3 Å². The van der Waals surface area contributed by atoms with Gasteiger partial charge in [0.05, 0.1) is 16.1 Å². The Labute approximate surface area is 359 Å². The minimum absolute atomic E-state index is 0.165. The number of para-hydroxylation sites is 2. The van der Waals surface area contributed by atoms with Gasteiger partial charge in [0.1, 0.15) is 11.6 Å². The first kappa shape index (κ1) is 38.8. The summed E-state index contributed by atoms with van der Waals surface area (Å²) in [6.07, 6.45) is 0. The van der Waals surface area contributed by atoms with E-state index in [1.54, 1.807) is 0 Å². The van der Waals surface area contributed by atoms with E-state index in [1.165, 1.54) is 78.8 Å². The molecule has 0 N–H and O–H groups in total.